The standard InChI is InChI=1S/C4H5F3O2S.ClH/c5-1(3(6)7)2(10)4(8)9;/h1-3,10H,(H,8,9);1H. The Morgan fingerprint density at radius 2 is 1.73 bits per heavy atom. The molecule has 1 N–H and O–H groups in total. The molecular formula is C4H6ClF3O2S. The van der Waals surface area contributed by atoms with E-state index < -0.39 is 23.8 Å². The molecule has 0 fully saturated rings. The van der Waals surface area contributed by atoms with Gasteiger partial charge in [-0.2, -0.15) is 12.6 Å². The fourth-order valence-corrected chi connectivity index (χ4v) is 0.404. The zero-order valence-electron chi connectivity index (χ0n) is 5.08. The van der Waals surface area contributed by atoms with Gasteiger partial charge in [-0.15, -0.1) is 12.4 Å². The molecule has 0 amide bonds. The first-order chi connectivity index (χ1) is 4.46. The van der Waals surface area contributed by atoms with Crippen LogP contribution in [-0.2, 0) is 4.79 Å². The molecule has 0 aliphatic rings. The van der Waals surface area contributed by atoms with Crippen LogP contribution in [0.2, 0.25) is 0 Å². The van der Waals surface area contributed by atoms with Gasteiger partial charge in [-0.25, -0.2) is 13.2 Å². The molecule has 0 aromatic carbocycles. The van der Waals surface area contributed by atoms with Gasteiger partial charge < -0.3 is 5.11 Å². The summed E-state index contributed by atoms with van der Waals surface area (Å²) in [5.41, 5.74) is 0. The molecule has 0 aliphatic heterocycles. The second-order valence-electron chi connectivity index (χ2n) is 1.56. The van der Waals surface area contributed by atoms with Crippen LogP contribution in [0.25, 0.3) is 0 Å². The molecule has 0 aromatic rings. The van der Waals surface area contributed by atoms with Crippen molar-refractivity contribution < 1.29 is 23.1 Å². The molecule has 0 aliphatic carbocycles. The van der Waals surface area contributed by atoms with Crippen LogP contribution in [0.4, 0.5) is 13.2 Å². The van der Waals surface area contributed by atoms with Crippen LogP contribution in [0, 0.1) is 0 Å². The monoisotopic (exact) mass is 210 g/mol. The van der Waals surface area contributed by atoms with Gasteiger partial charge in [-0.05, 0) is 0 Å². The van der Waals surface area contributed by atoms with Crippen LogP contribution >= 0.6 is 25.0 Å². The summed E-state index contributed by atoms with van der Waals surface area (Å²) in [7, 11) is 0. The third-order valence-corrected chi connectivity index (χ3v) is 1.30. The molecule has 0 spiro atoms. The number of carboxylic acids is 1. The van der Waals surface area contributed by atoms with E-state index in [2.05, 4.69) is 12.6 Å². The van der Waals surface area contributed by atoms with E-state index in [1.54, 1.807) is 0 Å². The number of alkyl halides is 3. The third kappa shape index (κ3) is 4.36. The Labute approximate surface area is 72.6 Å². The van der Waals surface area contributed by atoms with E-state index in [4.69, 9.17) is 5.11 Å². The number of carbonyl (C=O) groups is 1. The van der Waals surface area contributed by atoms with Gasteiger partial charge in [0, 0.05) is 0 Å². The third-order valence-electron chi connectivity index (χ3n) is 0.795. The Morgan fingerprint density at radius 1 is 1.36 bits per heavy atom. The van der Waals surface area contributed by atoms with Crippen molar-refractivity contribution in [3.8, 4) is 0 Å². The maximum atomic E-state index is 12.0. The second-order valence-corrected chi connectivity index (χ2v) is 2.12. The lowest BCUT2D eigenvalue weighted by Gasteiger charge is -2.09. The van der Waals surface area contributed by atoms with Crippen LogP contribution in [0.3, 0.4) is 0 Å². The molecule has 11 heavy (non-hydrogen) atoms. The van der Waals surface area contributed by atoms with Gasteiger partial charge in [0.1, 0.15) is 5.25 Å². The molecule has 68 valence electrons. The Hall–Kier alpha value is -0.100. The van der Waals surface area contributed by atoms with E-state index in [9.17, 15) is 18.0 Å². The molecule has 0 saturated heterocycles. The minimum Gasteiger partial charge on any atom is -0.480 e. The summed E-state index contributed by atoms with van der Waals surface area (Å²) in [6.07, 6.45) is -6.00. The normalized spacial score (nSPS) is 15.4. The average Bonchev–Trinajstić information content (AvgIpc) is 1.84. The lowest BCUT2D eigenvalue weighted by molar-refractivity contribution is -0.139. The summed E-state index contributed by atoms with van der Waals surface area (Å²) in [6.45, 7) is 0. The molecule has 0 saturated carbocycles. The Morgan fingerprint density at radius 3 is 1.82 bits per heavy atom. The van der Waals surface area contributed by atoms with Gasteiger partial charge in [0.2, 0.25) is 0 Å². The molecule has 0 aromatic heterocycles. The highest BCUT2D eigenvalue weighted by molar-refractivity contribution is 7.81. The van der Waals surface area contributed by atoms with E-state index in [-0.39, 0.29) is 12.4 Å². The van der Waals surface area contributed by atoms with E-state index in [0.717, 1.165) is 0 Å². The molecule has 0 rings (SSSR count). The van der Waals surface area contributed by atoms with Gasteiger partial charge in [0.05, 0.1) is 0 Å². The molecule has 0 heterocycles. The lowest BCUT2D eigenvalue weighted by Crippen LogP contribution is -2.31. The van der Waals surface area contributed by atoms with E-state index in [1.807, 2.05) is 0 Å². The minimum absolute atomic E-state index is 0. The van der Waals surface area contributed by atoms with Crippen LogP contribution in [0.1, 0.15) is 0 Å². The van der Waals surface area contributed by atoms with Crippen LogP contribution < -0.4 is 0 Å². The number of hydrogen-bond acceptors (Lipinski definition) is 2. The van der Waals surface area contributed by atoms with Crippen molar-refractivity contribution in [2.75, 3.05) is 0 Å². The fraction of sp³-hybridized carbons (Fsp3) is 0.750. The summed E-state index contributed by atoms with van der Waals surface area (Å²) in [6, 6.07) is 0. The summed E-state index contributed by atoms with van der Waals surface area (Å²) in [4.78, 5) is 9.80. The van der Waals surface area contributed by atoms with Gasteiger partial charge in [-0.3, -0.25) is 4.79 Å². The predicted octanol–water partition coefficient (Wildman–Crippen LogP) is 1.39. The van der Waals surface area contributed by atoms with Crippen molar-refractivity contribution in [3.05, 3.63) is 0 Å². The number of hydrogen-bond donors (Lipinski definition) is 2. The van der Waals surface area contributed by atoms with Crippen LogP contribution in [0.15, 0.2) is 0 Å². The van der Waals surface area contributed by atoms with Crippen molar-refractivity contribution >= 4 is 31.0 Å². The molecular weight excluding hydrogens is 205 g/mol. The topological polar surface area (TPSA) is 37.3 Å². The van der Waals surface area contributed by atoms with Crippen molar-refractivity contribution in [3.63, 3.8) is 0 Å². The lowest BCUT2D eigenvalue weighted by atomic mass is 10.3. The maximum Gasteiger partial charge on any atom is 0.319 e. The molecule has 2 nitrogen and oxygen atoms in total. The van der Waals surface area contributed by atoms with E-state index >= 15 is 0 Å². The first-order valence-electron chi connectivity index (χ1n) is 2.30. The van der Waals surface area contributed by atoms with E-state index in [0.29, 0.717) is 0 Å². The number of thiol groups is 1. The number of halogens is 4. The predicted molar refractivity (Wildman–Crippen MR) is 38.6 cm³/mol. The van der Waals surface area contributed by atoms with Crippen LogP contribution in [-0.4, -0.2) is 28.9 Å². The first-order valence-corrected chi connectivity index (χ1v) is 2.81. The summed E-state index contributed by atoms with van der Waals surface area (Å²) >= 11 is 3.10. The number of carboxylic acid groups (broad SMARTS) is 1. The SMILES string of the molecule is Cl.O=C(O)C(S)C(F)C(F)F. The van der Waals surface area contributed by atoms with Crippen LogP contribution in [0.5, 0.6) is 0 Å². The highest BCUT2D eigenvalue weighted by atomic mass is 35.5. The Balaban J connectivity index is 0. The second kappa shape index (κ2) is 5.54. The Kier molecular flexibility index (Phi) is 6.79. The van der Waals surface area contributed by atoms with Crippen molar-refractivity contribution in [1.82, 2.24) is 0 Å². The quantitative estimate of drug-likeness (QED) is 0.691. The molecule has 0 radical (unpaired) electrons. The molecule has 2 unspecified atom stereocenters. The zero-order chi connectivity index (χ0) is 8.31. The minimum atomic E-state index is -3.29. The fourth-order valence-electron chi connectivity index (χ4n) is 0.274. The summed E-state index contributed by atoms with van der Waals surface area (Å²) in [5, 5.41) is 6.01. The van der Waals surface area contributed by atoms with Crippen molar-refractivity contribution in [2.24, 2.45) is 0 Å². The molecule has 2 atom stereocenters. The largest absolute Gasteiger partial charge is 0.480 e. The van der Waals surface area contributed by atoms with Gasteiger partial charge in [0.25, 0.3) is 6.43 Å². The first kappa shape index (κ1) is 13.5. The molecule has 7 heteroatoms. The highest BCUT2D eigenvalue weighted by Crippen LogP contribution is 2.14. The Bertz CT molecular complexity index is 135. The smallest absolute Gasteiger partial charge is 0.319 e. The highest BCUT2D eigenvalue weighted by Gasteiger charge is 2.31. The maximum absolute atomic E-state index is 12.0. The van der Waals surface area contributed by atoms with Gasteiger partial charge in [-0.1, -0.05) is 0 Å². The number of rotatable bonds is 3. The number of aliphatic carboxylic acids is 1. The van der Waals surface area contributed by atoms with Gasteiger partial charge >= 0.3 is 5.97 Å². The zero-order valence-corrected chi connectivity index (χ0v) is 6.79. The molecule has 0 bridgehead atoms. The van der Waals surface area contributed by atoms with Gasteiger partial charge in [0.15, 0.2) is 6.17 Å². The van der Waals surface area contributed by atoms with Crippen molar-refractivity contribution in [2.45, 2.75) is 17.8 Å². The summed E-state index contributed by atoms with van der Waals surface area (Å²) in [5.74, 6) is -1.68. The average molecular weight is 211 g/mol. The van der Waals surface area contributed by atoms with Crippen molar-refractivity contribution in [1.29, 1.82) is 0 Å². The summed E-state index contributed by atoms with van der Waals surface area (Å²) < 4.78 is 34.7. The van der Waals surface area contributed by atoms with E-state index in [1.165, 1.54) is 0 Å².